The highest BCUT2D eigenvalue weighted by Gasteiger charge is 2.10. The normalized spacial score (nSPS) is 12.8. The number of hydrogen-bond acceptors (Lipinski definition) is 1. The smallest absolute Gasteiger partial charge is 0.126 e. The van der Waals surface area contributed by atoms with Gasteiger partial charge in [-0.05, 0) is 49.2 Å². The first kappa shape index (κ1) is 13.5. The van der Waals surface area contributed by atoms with Crippen LogP contribution in [0.3, 0.4) is 0 Å². The van der Waals surface area contributed by atoms with Crippen LogP contribution in [0, 0.1) is 11.7 Å². The minimum atomic E-state index is -0.153. The van der Waals surface area contributed by atoms with Crippen molar-refractivity contribution in [3.63, 3.8) is 0 Å². The lowest BCUT2D eigenvalue weighted by Crippen LogP contribution is -2.23. The maximum atomic E-state index is 13.5. The van der Waals surface area contributed by atoms with E-state index in [2.05, 4.69) is 19.2 Å². The molecule has 1 atom stereocenters. The molecule has 1 N–H and O–H groups in total. The van der Waals surface area contributed by atoms with E-state index in [1.165, 1.54) is 6.07 Å². The van der Waals surface area contributed by atoms with Crippen molar-refractivity contribution in [2.75, 3.05) is 13.1 Å². The third kappa shape index (κ3) is 4.11. The quantitative estimate of drug-likeness (QED) is 0.804. The van der Waals surface area contributed by atoms with Crippen molar-refractivity contribution in [1.29, 1.82) is 0 Å². The van der Waals surface area contributed by atoms with Crippen LogP contribution in [0.4, 0.5) is 4.39 Å². The average Bonchev–Trinajstić information content (AvgIpc) is 2.28. The van der Waals surface area contributed by atoms with E-state index in [0.29, 0.717) is 10.9 Å². The van der Waals surface area contributed by atoms with Crippen LogP contribution in [-0.4, -0.2) is 13.1 Å². The van der Waals surface area contributed by atoms with Crippen molar-refractivity contribution in [2.24, 2.45) is 5.92 Å². The Kier molecular flexibility index (Phi) is 5.78. The lowest BCUT2D eigenvalue weighted by atomic mass is 9.96. The standard InChI is InChI=1S/C13H19ClFN/c1-3-10(9-16-4-2)7-11-8-12(14)5-6-13(11)15/h5-6,8,10,16H,3-4,7,9H2,1-2H3. The van der Waals surface area contributed by atoms with Gasteiger partial charge in [-0.15, -0.1) is 0 Å². The summed E-state index contributed by atoms with van der Waals surface area (Å²) in [7, 11) is 0. The zero-order valence-corrected chi connectivity index (χ0v) is 10.6. The molecule has 0 aromatic heterocycles. The van der Waals surface area contributed by atoms with Gasteiger partial charge in [0.05, 0.1) is 0 Å². The number of benzene rings is 1. The van der Waals surface area contributed by atoms with Crippen LogP contribution in [0.5, 0.6) is 0 Å². The molecule has 0 aliphatic heterocycles. The molecule has 90 valence electrons. The van der Waals surface area contributed by atoms with Gasteiger partial charge in [0, 0.05) is 5.02 Å². The highest BCUT2D eigenvalue weighted by atomic mass is 35.5. The van der Waals surface area contributed by atoms with E-state index in [9.17, 15) is 4.39 Å². The van der Waals surface area contributed by atoms with Gasteiger partial charge in [0.1, 0.15) is 5.82 Å². The summed E-state index contributed by atoms with van der Waals surface area (Å²) in [5.41, 5.74) is 0.720. The molecule has 0 spiro atoms. The van der Waals surface area contributed by atoms with Crippen LogP contribution in [-0.2, 0) is 6.42 Å². The van der Waals surface area contributed by atoms with Gasteiger partial charge in [-0.1, -0.05) is 31.9 Å². The van der Waals surface area contributed by atoms with Gasteiger partial charge < -0.3 is 5.32 Å². The van der Waals surface area contributed by atoms with Crippen LogP contribution in [0.15, 0.2) is 18.2 Å². The summed E-state index contributed by atoms with van der Waals surface area (Å²) in [5, 5.41) is 3.90. The molecule has 1 unspecified atom stereocenters. The van der Waals surface area contributed by atoms with Crippen molar-refractivity contribution >= 4 is 11.6 Å². The predicted molar refractivity (Wildman–Crippen MR) is 67.4 cm³/mol. The van der Waals surface area contributed by atoms with Gasteiger partial charge in [0.25, 0.3) is 0 Å². The number of hydrogen-bond donors (Lipinski definition) is 1. The summed E-state index contributed by atoms with van der Waals surface area (Å²) in [6.45, 7) is 6.09. The molecular formula is C13H19ClFN. The first-order valence-corrected chi connectivity index (χ1v) is 6.19. The summed E-state index contributed by atoms with van der Waals surface area (Å²) in [5.74, 6) is 0.312. The molecule has 1 aromatic rings. The molecule has 3 heteroatoms. The minimum absolute atomic E-state index is 0.153. The van der Waals surface area contributed by atoms with Crippen molar-refractivity contribution in [1.82, 2.24) is 5.32 Å². The van der Waals surface area contributed by atoms with Crippen molar-refractivity contribution in [3.05, 3.63) is 34.6 Å². The van der Waals surface area contributed by atoms with Crippen molar-refractivity contribution < 1.29 is 4.39 Å². The highest BCUT2D eigenvalue weighted by Crippen LogP contribution is 2.19. The van der Waals surface area contributed by atoms with E-state index in [1.807, 2.05) is 0 Å². The summed E-state index contributed by atoms with van der Waals surface area (Å²) in [4.78, 5) is 0. The van der Waals surface area contributed by atoms with E-state index in [-0.39, 0.29) is 5.82 Å². The molecule has 16 heavy (non-hydrogen) atoms. The van der Waals surface area contributed by atoms with Gasteiger partial charge in [-0.25, -0.2) is 4.39 Å². The number of halogens is 2. The van der Waals surface area contributed by atoms with Gasteiger partial charge in [-0.2, -0.15) is 0 Å². The Labute approximate surface area is 102 Å². The Morgan fingerprint density at radius 2 is 2.12 bits per heavy atom. The first-order chi connectivity index (χ1) is 7.67. The molecule has 0 radical (unpaired) electrons. The Balaban J connectivity index is 2.65. The first-order valence-electron chi connectivity index (χ1n) is 5.82. The van der Waals surface area contributed by atoms with E-state index in [1.54, 1.807) is 12.1 Å². The monoisotopic (exact) mass is 243 g/mol. The molecule has 1 nitrogen and oxygen atoms in total. The lowest BCUT2D eigenvalue weighted by molar-refractivity contribution is 0.457. The Hall–Kier alpha value is -0.600. The molecule has 0 heterocycles. The maximum Gasteiger partial charge on any atom is 0.126 e. The van der Waals surface area contributed by atoms with Crippen LogP contribution >= 0.6 is 11.6 Å². The second-order valence-corrected chi connectivity index (χ2v) is 4.46. The lowest BCUT2D eigenvalue weighted by Gasteiger charge is -2.15. The average molecular weight is 244 g/mol. The van der Waals surface area contributed by atoms with Gasteiger partial charge in [-0.3, -0.25) is 0 Å². The zero-order valence-electron chi connectivity index (χ0n) is 9.89. The van der Waals surface area contributed by atoms with Gasteiger partial charge >= 0.3 is 0 Å². The molecule has 0 fully saturated rings. The Morgan fingerprint density at radius 1 is 1.38 bits per heavy atom. The molecule has 0 amide bonds. The van der Waals surface area contributed by atoms with Crippen LogP contribution in [0.1, 0.15) is 25.8 Å². The zero-order chi connectivity index (χ0) is 12.0. The number of rotatable bonds is 6. The predicted octanol–water partition coefficient (Wildman–Crippen LogP) is 3.66. The fraction of sp³-hybridized carbons (Fsp3) is 0.538. The fourth-order valence-electron chi connectivity index (χ4n) is 1.72. The summed E-state index contributed by atoms with van der Waals surface area (Å²) >= 11 is 5.87. The minimum Gasteiger partial charge on any atom is -0.317 e. The van der Waals surface area contributed by atoms with Crippen molar-refractivity contribution in [2.45, 2.75) is 26.7 Å². The van der Waals surface area contributed by atoms with E-state index < -0.39 is 0 Å². The molecule has 0 aliphatic rings. The van der Waals surface area contributed by atoms with Crippen LogP contribution < -0.4 is 5.32 Å². The maximum absolute atomic E-state index is 13.5. The summed E-state index contributed by atoms with van der Waals surface area (Å²) < 4.78 is 13.5. The molecule has 0 saturated heterocycles. The number of nitrogens with one attached hydrogen (secondary N) is 1. The Bertz CT molecular complexity index is 328. The van der Waals surface area contributed by atoms with Gasteiger partial charge in [0.2, 0.25) is 0 Å². The molecule has 1 rings (SSSR count). The highest BCUT2D eigenvalue weighted by molar-refractivity contribution is 6.30. The van der Waals surface area contributed by atoms with E-state index in [4.69, 9.17) is 11.6 Å². The van der Waals surface area contributed by atoms with E-state index in [0.717, 1.165) is 31.5 Å². The summed E-state index contributed by atoms with van der Waals surface area (Å²) in [6, 6.07) is 4.76. The Morgan fingerprint density at radius 3 is 2.75 bits per heavy atom. The third-order valence-electron chi connectivity index (χ3n) is 2.78. The van der Waals surface area contributed by atoms with Gasteiger partial charge in [0.15, 0.2) is 0 Å². The fourth-order valence-corrected chi connectivity index (χ4v) is 1.91. The summed E-state index contributed by atoms with van der Waals surface area (Å²) in [6.07, 6.45) is 1.79. The largest absolute Gasteiger partial charge is 0.317 e. The van der Waals surface area contributed by atoms with Crippen LogP contribution in [0.25, 0.3) is 0 Å². The SMILES string of the molecule is CCNCC(CC)Cc1cc(Cl)ccc1F. The van der Waals surface area contributed by atoms with Crippen molar-refractivity contribution in [3.8, 4) is 0 Å². The molecular weight excluding hydrogens is 225 g/mol. The van der Waals surface area contributed by atoms with Crippen LogP contribution in [0.2, 0.25) is 5.02 Å². The molecule has 0 aliphatic carbocycles. The van der Waals surface area contributed by atoms with E-state index >= 15 is 0 Å². The topological polar surface area (TPSA) is 12.0 Å². The third-order valence-corrected chi connectivity index (χ3v) is 3.01. The molecule has 0 saturated carbocycles. The second-order valence-electron chi connectivity index (χ2n) is 4.02. The second kappa shape index (κ2) is 6.87. The molecule has 0 bridgehead atoms. The molecule has 1 aromatic carbocycles.